The number of hydrogen-bond donors (Lipinski definition) is 1. The summed E-state index contributed by atoms with van der Waals surface area (Å²) < 4.78 is 0. The molecular formula is C10H17NO2S. The second kappa shape index (κ2) is 8.92. The Morgan fingerprint density at radius 3 is 2.86 bits per heavy atom. The van der Waals surface area contributed by atoms with Gasteiger partial charge >= 0.3 is 5.97 Å². The second-order valence-corrected chi connectivity index (χ2v) is 4.25. The first-order valence-electron chi connectivity index (χ1n) is 4.66. The third kappa shape index (κ3) is 7.96. The number of thioether (sulfide) groups is 1. The summed E-state index contributed by atoms with van der Waals surface area (Å²) in [5, 5.41) is 8.60. The van der Waals surface area contributed by atoms with Crippen LogP contribution in [0, 0.1) is 12.3 Å². The number of carboxylic acid groups (broad SMARTS) is 1. The van der Waals surface area contributed by atoms with Crippen LogP contribution in [0.15, 0.2) is 0 Å². The zero-order valence-corrected chi connectivity index (χ0v) is 9.35. The van der Waals surface area contributed by atoms with Gasteiger partial charge in [-0.05, 0) is 17.9 Å². The molecule has 0 heterocycles. The zero-order valence-electron chi connectivity index (χ0n) is 8.53. The van der Waals surface area contributed by atoms with Crippen molar-refractivity contribution in [2.75, 3.05) is 31.1 Å². The van der Waals surface area contributed by atoms with Crippen molar-refractivity contribution >= 4 is 17.7 Å². The van der Waals surface area contributed by atoms with E-state index in [0.29, 0.717) is 6.54 Å². The van der Waals surface area contributed by atoms with Gasteiger partial charge < -0.3 is 5.11 Å². The van der Waals surface area contributed by atoms with Crippen LogP contribution in [0.2, 0.25) is 0 Å². The van der Waals surface area contributed by atoms with E-state index in [2.05, 4.69) is 12.8 Å². The number of carboxylic acids is 1. The molecule has 0 rings (SSSR count). The molecule has 0 unspecified atom stereocenters. The first kappa shape index (κ1) is 13.3. The van der Waals surface area contributed by atoms with E-state index in [9.17, 15) is 4.79 Å². The second-order valence-electron chi connectivity index (χ2n) is 2.86. The van der Waals surface area contributed by atoms with E-state index in [4.69, 9.17) is 11.5 Å². The topological polar surface area (TPSA) is 40.5 Å². The van der Waals surface area contributed by atoms with Gasteiger partial charge in [0.15, 0.2) is 0 Å². The van der Waals surface area contributed by atoms with Crippen molar-refractivity contribution in [2.45, 2.75) is 13.3 Å². The molecule has 1 N–H and O–H groups in total. The van der Waals surface area contributed by atoms with Crippen LogP contribution >= 0.6 is 11.8 Å². The van der Waals surface area contributed by atoms with Gasteiger partial charge in [-0.1, -0.05) is 12.8 Å². The van der Waals surface area contributed by atoms with Gasteiger partial charge in [0.2, 0.25) is 0 Å². The Morgan fingerprint density at radius 2 is 2.36 bits per heavy atom. The van der Waals surface area contributed by atoms with Crippen LogP contribution in [0.3, 0.4) is 0 Å². The smallest absolute Gasteiger partial charge is 0.317 e. The third-order valence-corrected chi connectivity index (χ3v) is 2.63. The number of carbonyl (C=O) groups is 1. The average molecular weight is 215 g/mol. The van der Waals surface area contributed by atoms with Gasteiger partial charge in [0.25, 0.3) is 0 Å². The fraction of sp³-hybridized carbons (Fsp3) is 0.700. The molecule has 0 radical (unpaired) electrons. The van der Waals surface area contributed by atoms with Crippen molar-refractivity contribution in [3.05, 3.63) is 0 Å². The Balaban J connectivity index is 3.63. The Bertz CT molecular complexity index is 201. The van der Waals surface area contributed by atoms with Crippen LogP contribution < -0.4 is 0 Å². The average Bonchev–Trinajstić information content (AvgIpc) is 2.12. The van der Waals surface area contributed by atoms with Crippen molar-refractivity contribution < 1.29 is 9.90 Å². The number of nitrogens with zero attached hydrogens (tertiary/aromatic N) is 1. The van der Waals surface area contributed by atoms with Crippen molar-refractivity contribution in [1.82, 2.24) is 4.90 Å². The Labute approximate surface area is 89.9 Å². The Kier molecular flexibility index (Phi) is 8.50. The summed E-state index contributed by atoms with van der Waals surface area (Å²) in [6.07, 6.45) is 6.14. The summed E-state index contributed by atoms with van der Waals surface area (Å²) in [6, 6.07) is 0. The molecule has 0 amide bonds. The maximum absolute atomic E-state index is 10.5. The molecule has 0 aliphatic heterocycles. The minimum Gasteiger partial charge on any atom is -0.480 e. The molecule has 0 fully saturated rings. The summed E-state index contributed by atoms with van der Waals surface area (Å²) in [5.74, 6) is 3.83. The number of hydrogen-bond acceptors (Lipinski definition) is 3. The zero-order chi connectivity index (χ0) is 10.8. The highest BCUT2D eigenvalue weighted by Crippen LogP contribution is 2.02. The standard InChI is InChI=1S/C10H17NO2S/c1-3-6-11(9-10(12)13)7-5-8-14-4-2/h1H,4-9H2,2H3,(H,12,13). The summed E-state index contributed by atoms with van der Waals surface area (Å²) in [7, 11) is 0. The lowest BCUT2D eigenvalue weighted by molar-refractivity contribution is -0.138. The molecule has 0 atom stereocenters. The van der Waals surface area contributed by atoms with E-state index in [1.165, 1.54) is 0 Å². The van der Waals surface area contributed by atoms with Crippen molar-refractivity contribution in [3.8, 4) is 12.3 Å². The van der Waals surface area contributed by atoms with E-state index in [0.717, 1.165) is 24.5 Å². The lowest BCUT2D eigenvalue weighted by atomic mass is 10.4. The molecule has 0 aromatic rings. The van der Waals surface area contributed by atoms with Gasteiger partial charge in [0.05, 0.1) is 13.1 Å². The molecule has 0 aliphatic carbocycles. The molecule has 0 aliphatic rings. The molecule has 0 spiro atoms. The Morgan fingerprint density at radius 1 is 1.64 bits per heavy atom. The number of terminal acetylenes is 1. The fourth-order valence-electron chi connectivity index (χ4n) is 1.07. The molecule has 3 nitrogen and oxygen atoms in total. The molecule has 4 heteroatoms. The molecule has 0 aromatic heterocycles. The van der Waals surface area contributed by atoms with Gasteiger partial charge in [0, 0.05) is 6.54 Å². The maximum atomic E-state index is 10.5. The van der Waals surface area contributed by atoms with E-state index < -0.39 is 5.97 Å². The van der Waals surface area contributed by atoms with E-state index in [-0.39, 0.29) is 6.54 Å². The lowest BCUT2D eigenvalue weighted by Gasteiger charge is -2.16. The summed E-state index contributed by atoms with van der Waals surface area (Å²) in [4.78, 5) is 12.2. The molecule has 80 valence electrons. The highest BCUT2D eigenvalue weighted by Gasteiger charge is 2.07. The van der Waals surface area contributed by atoms with Crippen molar-refractivity contribution in [1.29, 1.82) is 0 Å². The summed E-state index contributed by atoms with van der Waals surface area (Å²) >= 11 is 1.86. The summed E-state index contributed by atoms with van der Waals surface area (Å²) in [5.41, 5.74) is 0. The molecule has 0 saturated carbocycles. The number of rotatable bonds is 8. The minimum atomic E-state index is -0.816. The quantitative estimate of drug-likeness (QED) is 0.487. The molecule has 14 heavy (non-hydrogen) atoms. The monoisotopic (exact) mass is 215 g/mol. The van der Waals surface area contributed by atoms with Crippen LogP contribution in [0.25, 0.3) is 0 Å². The minimum absolute atomic E-state index is 0.0427. The molecule has 0 aromatic carbocycles. The van der Waals surface area contributed by atoms with Crippen LogP contribution in [-0.4, -0.2) is 47.1 Å². The highest BCUT2D eigenvalue weighted by molar-refractivity contribution is 7.99. The van der Waals surface area contributed by atoms with Gasteiger partial charge in [-0.2, -0.15) is 11.8 Å². The van der Waals surface area contributed by atoms with Crippen LogP contribution in [-0.2, 0) is 4.79 Å². The van der Waals surface area contributed by atoms with Gasteiger partial charge in [0.1, 0.15) is 0 Å². The SMILES string of the molecule is C#CCN(CCCSCC)CC(=O)O. The normalized spacial score (nSPS) is 10.1. The van der Waals surface area contributed by atoms with Crippen LogP contribution in [0.5, 0.6) is 0 Å². The molecule has 0 bridgehead atoms. The van der Waals surface area contributed by atoms with Gasteiger partial charge in [-0.15, -0.1) is 6.42 Å². The van der Waals surface area contributed by atoms with Crippen molar-refractivity contribution in [3.63, 3.8) is 0 Å². The first-order chi connectivity index (χ1) is 6.70. The van der Waals surface area contributed by atoms with E-state index >= 15 is 0 Å². The van der Waals surface area contributed by atoms with E-state index in [1.807, 2.05) is 11.8 Å². The van der Waals surface area contributed by atoms with Crippen molar-refractivity contribution in [2.24, 2.45) is 0 Å². The largest absolute Gasteiger partial charge is 0.480 e. The number of aliphatic carboxylic acids is 1. The van der Waals surface area contributed by atoms with Gasteiger partial charge in [-0.25, -0.2) is 0 Å². The summed E-state index contributed by atoms with van der Waals surface area (Å²) in [6.45, 7) is 3.34. The lowest BCUT2D eigenvalue weighted by Crippen LogP contribution is -2.31. The predicted octanol–water partition coefficient (Wildman–Crippen LogP) is 1.15. The highest BCUT2D eigenvalue weighted by atomic mass is 32.2. The first-order valence-corrected chi connectivity index (χ1v) is 5.81. The van der Waals surface area contributed by atoms with E-state index in [1.54, 1.807) is 4.90 Å². The van der Waals surface area contributed by atoms with Crippen LogP contribution in [0.4, 0.5) is 0 Å². The molecule has 0 saturated heterocycles. The predicted molar refractivity (Wildman–Crippen MR) is 60.5 cm³/mol. The third-order valence-electron chi connectivity index (χ3n) is 1.64. The maximum Gasteiger partial charge on any atom is 0.317 e. The Hall–Kier alpha value is -0.660. The fourth-order valence-corrected chi connectivity index (χ4v) is 1.69. The molecular weight excluding hydrogens is 198 g/mol. The van der Waals surface area contributed by atoms with Crippen LogP contribution in [0.1, 0.15) is 13.3 Å². The van der Waals surface area contributed by atoms with Gasteiger partial charge in [-0.3, -0.25) is 9.69 Å².